The number of rotatable bonds is 9. The Bertz CT molecular complexity index is 1110. The fourth-order valence-corrected chi connectivity index (χ4v) is 4.38. The SMILES string of the molecule is COc1ccc(CCOC(C)=C(C(=O)O)c2cccc(Sc3c(Cl)cccc3Cl)n2)cc1. The number of methoxy groups -OCH3 is 1. The van der Waals surface area contributed by atoms with Crippen molar-refractivity contribution in [1.29, 1.82) is 0 Å². The molecule has 0 unspecified atom stereocenters. The Labute approximate surface area is 201 Å². The van der Waals surface area contributed by atoms with Crippen LogP contribution in [0.4, 0.5) is 0 Å². The Morgan fingerprint density at radius 1 is 1.03 bits per heavy atom. The molecule has 0 aliphatic heterocycles. The van der Waals surface area contributed by atoms with Crippen molar-refractivity contribution in [2.24, 2.45) is 0 Å². The minimum atomic E-state index is -1.11. The first-order valence-corrected chi connectivity index (χ1v) is 11.3. The van der Waals surface area contributed by atoms with Crippen LogP contribution in [0.2, 0.25) is 10.0 Å². The Morgan fingerprint density at radius 3 is 2.31 bits per heavy atom. The molecular formula is C24H21Cl2NO4S. The molecule has 0 atom stereocenters. The molecule has 1 heterocycles. The standard InChI is InChI=1S/C24H21Cl2NO4S/c1-15(31-14-13-16-9-11-17(30-2)12-10-16)22(24(28)29)20-7-4-8-21(27-20)32-23-18(25)5-3-6-19(23)26/h3-12H,13-14H2,1-2H3,(H,28,29). The lowest BCUT2D eigenvalue weighted by molar-refractivity contribution is -0.130. The van der Waals surface area contributed by atoms with Gasteiger partial charge in [-0.05, 0) is 48.9 Å². The van der Waals surface area contributed by atoms with Crippen molar-refractivity contribution < 1.29 is 19.4 Å². The number of pyridine rings is 1. The summed E-state index contributed by atoms with van der Waals surface area (Å²) < 4.78 is 10.9. The van der Waals surface area contributed by atoms with Gasteiger partial charge in [0.2, 0.25) is 0 Å². The van der Waals surface area contributed by atoms with Crippen molar-refractivity contribution in [2.75, 3.05) is 13.7 Å². The average molecular weight is 490 g/mol. The maximum Gasteiger partial charge on any atom is 0.341 e. The van der Waals surface area contributed by atoms with Crippen LogP contribution in [0.15, 0.2) is 76.3 Å². The van der Waals surface area contributed by atoms with Gasteiger partial charge in [-0.25, -0.2) is 9.78 Å². The fourth-order valence-electron chi connectivity index (χ4n) is 2.92. The van der Waals surface area contributed by atoms with E-state index < -0.39 is 5.97 Å². The second-order valence-corrected chi connectivity index (χ2v) is 8.54. The normalized spacial score (nSPS) is 11.6. The summed E-state index contributed by atoms with van der Waals surface area (Å²) in [5.74, 6) is -0.0466. The van der Waals surface area contributed by atoms with Gasteiger partial charge in [0.05, 0.1) is 34.4 Å². The third-order valence-electron chi connectivity index (χ3n) is 4.54. The highest BCUT2D eigenvalue weighted by Gasteiger charge is 2.18. The second kappa shape index (κ2) is 11.3. The third-order valence-corrected chi connectivity index (χ3v) is 6.47. The van der Waals surface area contributed by atoms with Crippen LogP contribution in [-0.2, 0) is 16.0 Å². The van der Waals surface area contributed by atoms with Crippen molar-refractivity contribution in [1.82, 2.24) is 4.98 Å². The molecule has 166 valence electrons. The number of carbonyl (C=O) groups is 1. The molecule has 3 aromatic rings. The first-order valence-electron chi connectivity index (χ1n) is 9.68. The highest BCUT2D eigenvalue weighted by molar-refractivity contribution is 7.99. The van der Waals surface area contributed by atoms with E-state index in [9.17, 15) is 9.90 Å². The van der Waals surface area contributed by atoms with Crippen LogP contribution in [-0.4, -0.2) is 29.8 Å². The van der Waals surface area contributed by atoms with E-state index in [2.05, 4.69) is 4.98 Å². The van der Waals surface area contributed by atoms with Gasteiger partial charge < -0.3 is 14.6 Å². The van der Waals surface area contributed by atoms with Crippen molar-refractivity contribution in [3.8, 4) is 5.75 Å². The zero-order valence-corrected chi connectivity index (χ0v) is 19.8. The molecule has 5 nitrogen and oxygen atoms in total. The molecular weight excluding hydrogens is 469 g/mol. The first-order chi connectivity index (χ1) is 15.4. The van der Waals surface area contributed by atoms with Crippen LogP contribution < -0.4 is 4.74 Å². The molecule has 2 aromatic carbocycles. The van der Waals surface area contributed by atoms with E-state index in [-0.39, 0.29) is 11.3 Å². The summed E-state index contributed by atoms with van der Waals surface area (Å²) in [5, 5.41) is 11.4. The van der Waals surface area contributed by atoms with Gasteiger partial charge in [-0.3, -0.25) is 0 Å². The molecule has 0 aliphatic rings. The monoisotopic (exact) mass is 489 g/mol. The van der Waals surface area contributed by atoms with E-state index in [1.54, 1.807) is 50.4 Å². The smallest absolute Gasteiger partial charge is 0.341 e. The van der Waals surface area contributed by atoms with Gasteiger partial charge in [0.1, 0.15) is 22.1 Å². The molecule has 8 heteroatoms. The Kier molecular flexibility index (Phi) is 8.45. The van der Waals surface area contributed by atoms with Gasteiger partial charge in [0.15, 0.2) is 0 Å². The molecule has 1 N–H and O–H groups in total. The molecule has 0 fully saturated rings. The topological polar surface area (TPSA) is 68.7 Å². The highest BCUT2D eigenvalue weighted by Crippen LogP contribution is 2.38. The average Bonchev–Trinajstić information content (AvgIpc) is 2.77. The highest BCUT2D eigenvalue weighted by atomic mass is 35.5. The number of aromatic nitrogens is 1. The summed E-state index contributed by atoms with van der Waals surface area (Å²) in [6.45, 7) is 1.96. The zero-order valence-electron chi connectivity index (χ0n) is 17.5. The number of halogens is 2. The number of hydrogen-bond donors (Lipinski definition) is 1. The molecule has 1 aromatic heterocycles. The number of carboxylic acids is 1. The van der Waals surface area contributed by atoms with Gasteiger partial charge >= 0.3 is 5.97 Å². The van der Waals surface area contributed by atoms with E-state index >= 15 is 0 Å². The van der Waals surface area contributed by atoms with Gasteiger partial charge in [-0.1, -0.05) is 59.2 Å². The van der Waals surface area contributed by atoms with E-state index in [1.165, 1.54) is 11.8 Å². The predicted molar refractivity (Wildman–Crippen MR) is 128 cm³/mol. The quantitative estimate of drug-likeness (QED) is 0.269. The number of hydrogen-bond acceptors (Lipinski definition) is 5. The van der Waals surface area contributed by atoms with Gasteiger partial charge in [-0.15, -0.1) is 0 Å². The second-order valence-electron chi connectivity index (χ2n) is 6.70. The number of ether oxygens (including phenoxy) is 2. The minimum Gasteiger partial charge on any atom is -0.497 e. The first kappa shape index (κ1) is 24.0. The number of allylic oxidation sites excluding steroid dienone is 1. The Hall–Kier alpha value is -2.67. The van der Waals surface area contributed by atoms with Crippen LogP contribution in [0.25, 0.3) is 5.57 Å². The fraction of sp³-hybridized carbons (Fsp3) is 0.167. The van der Waals surface area contributed by atoms with Crippen LogP contribution in [0.1, 0.15) is 18.2 Å². The van der Waals surface area contributed by atoms with E-state index in [4.69, 9.17) is 32.7 Å². The van der Waals surface area contributed by atoms with Crippen LogP contribution in [0.5, 0.6) is 5.75 Å². The molecule has 0 amide bonds. The number of benzene rings is 2. The lowest BCUT2D eigenvalue weighted by Gasteiger charge is -2.12. The summed E-state index contributed by atoms with van der Waals surface area (Å²) in [6.07, 6.45) is 0.628. The van der Waals surface area contributed by atoms with Crippen molar-refractivity contribution in [3.63, 3.8) is 0 Å². The Morgan fingerprint density at radius 2 is 1.69 bits per heavy atom. The van der Waals surface area contributed by atoms with Gasteiger partial charge in [0.25, 0.3) is 0 Å². The maximum absolute atomic E-state index is 12.0. The predicted octanol–water partition coefficient (Wildman–Crippen LogP) is 6.62. The van der Waals surface area contributed by atoms with E-state index in [0.717, 1.165) is 11.3 Å². The molecule has 0 bridgehead atoms. The van der Waals surface area contributed by atoms with Gasteiger partial charge in [0, 0.05) is 6.42 Å². The lowest BCUT2D eigenvalue weighted by atomic mass is 10.1. The zero-order chi connectivity index (χ0) is 23.1. The summed E-state index contributed by atoms with van der Waals surface area (Å²) >= 11 is 13.8. The summed E-state index contributed by atoms with van der Waals surface area (Å²) in [5.41, 5.74) is 1.36. The van der Waals surface area contributed by atoms with E-state index in [0.29, 0.717) is 38.7 Å². The number of nitrogens with zero attached hydrogens (tertiary/aromatic N) is 1. The van der Waals surface area contributed by atoms with Crippen molar-refractivity contribution in [2.45, 2.75) is 23.3 Å². The molecule has 0 spiro atoms. The number of carboxylic acid groups (broad SMARTS) is 1. The molecule has 32 heavy (non-hydrogen) atoms. The summed E-state index contributed by atoms with van der Waals surface area (Å²) in [4.78, 5) is 17.1. The molecule has 3 rings (SSSR count). The van der Waals surface area contributed by atoms with Crippen LogP contribution >= 0.6 is 35.0 Å². The molecule has 0 aliphatic carbocycles. The van der Waals surface area contributed by atoms with Gasteiger partial charge in [-0.2, -0.15) is 0 Å². The summed E-state index contributed by atoms with van der Waals surface area (Å²) in [7, 11) is 1.62. The van der Waals surface area contributed by atoms with Crippen molar-refractivity contribution >= 4 is 46.5 Å². The lowest BCUT2D eigenvalue weighted by Crippen LogP contribution is -2.08. The summed E-state index contributed by atoms with van der Waals surface area (Å²) in [6, 6.07) is 18.0. The Balaban J connectivity index is 1.77. The largest absolute Gasteiger partial charge is 0.497 e. The van der Waals surface area contributed by atoms with Crippen LogP contribution in [0, 0.1) is 0 Å². The van der Waals surface area contributed by atoms with Crippen LogP contribution in [0.3, 0.4) is 0 Å². The maximum atomic E-state index is 12.0. The molecule has 0 saturated carbocycles. The van der Waals surface area contributed by atoms with Crippen molar-refractivity contribution in [3.05, 3.63) is 87.7 Å². The van der Waals surface area contributed by atoms with E-state index in [1.807, 2.05) is 24.3 Å². The molecule has 0 radical (unpaired) electrons. The molecule has 0 saturated heterocycles. The third kappa shape index (κ3) is 6.19. The minimum absolute atomic E-state index is 0.00689. The number of aliphatic carboxylic acids is 1.